The number of likely N-dealkylation sites (N-methyl/N-ethyl adjacent to an activating group) is 1. The molecule has 2 aliphatic heterocycles. The van der Waals surface area contributed by atoms with Crippen molar-refractivity contribution in [2.75, 3.05) is 40.3 Å². The molecule has 6 nitrogen and oxygen atoms in total. The summed E-state index contributed by atoms with van der Waals surface area (Å²) in [5.74, 6) is 1.96. The van der Waals surface area contributed by atoms with E-state index in [-0.39, 0.29) is 0 Å². The van der Waals surface area contributed by atoms with E-state index < -0.39 is 0 Å². The fraction of sp³-hybridized carbons (Fsp3) is 0.619. The van der Waals surface area contributed by atoms with Gasteiger partial charge in [-0.15, -0.1) is 0 Å². The lowest BCUT2D eigenvalue weighted by molar-refractivity contribution is 0.0210. The highest BCUT2D eigenvalue weighted by atomic mass is 16.5. The van der Waals surface area contributed by atoms with Crippen LogP contribution in [0.5, 0.6) is 0 Å². The molecule has 2 saturated heterocycles. The number of hydrogen-bond donors (Lipinski definition) is 0. The predicted molar refractivity (Wildman–Crippen MR) is 103 cm³/mol. The standard InChI is InChI=1S/C21H30N4O2/c1-24-13-18(17-6-4-3-5-7-17)12-21(16-24)8-10-25(11-9-21)14-19-22-20(15-26-2)27-23-19/h3-7,18H,8-16H2,1-2H3. The molecule has 146 valence electrons. The third kappa shape index (κ3) is 4.39. The van der Waals surface area contributed by atoms with E-state index in [1.165, 1.54) is 37.9 Å². The smallest absolute Gasteiger partial charge is 0.252 e. The van der Waals surface area contributed by atoms with Crippen molar-refractivity contribution >= 4 is 0 Å². The highest BCUT2D eigenvalue weighted by molar-refractivity contribution is 5.21. The van der Waals surface area contributed by atoms with Crippen molar-refractivity contribution in [3.63, 3.8) is 0 Å². The number of methoxy groups -OCH3 is 1. The molecule has 2 fully saturated rings. The number of benzene rings is 1. The fourth-order valence-electron chi connectivity index (χ4n) is 4.90. The summed E-state index contributed by atoms with van der Waals surface area (Å²) in [6.45, 7) is 5.72. The summed E-state index contributed by atoms with van der Waals surface area (Å²) < 4.78 is 10.3. The fourth-order valence-corrected chi connectivity index (χ4v) is 4.90. The molecule has 4 rings (SSSR count). The van der Waals surface area contributed by atoms with Crippen molar-refractivity contribution in [3.05, 3.63) is 47.6 Å². The van der Waals surface area contributed by atoms with Crippen LogP contribution in [0.2, 0.25) is 0 Å². The predicted octanol–water partition coefficient (Wildman–Crippen LogP) is 2.92. The van der Waals surface area contributed by atoms with Gasteiger partial charge in [0.25, 0.3) is 5.89 Å². The van der Waals surface area contributed by atoms with Gasteiger partial charge in [-0.3, -0.25) is 4.90 Å². The van der Waals surface area contributed by atoms with Crippen LogP contribution >= 0.6 is 0 Å². The van der Waals surface area contributed by atoms with Gasteiger partial charge in [0.1, 0.15) is 6.61 Å². The van der Waals surface area contributed by atoms with Crippen LogP contribution in [0.3, 0.4) is 0 Å². The molecule has 3 heterocycles. The Kier molecular flexibility index (Phi) is 5.57. The zero-order valence-electron chi connectivity index (χ0n) is 16.4. The van der Waals surface area contributed by atoms with E-state index in [9.17, 15) is 0 Å². The Hall–Kier alpha value is -1.76. The molecular formula is C21H30N4O2. The SMILES string of the molecule is COCc1nc(CN2CCC3(CC2)CC(c2ccccc2)CN(C)C3)no1. The molecule has 2 aliphatic rings. The number of likely N-dealkylation sites (tertiary alicyclic amines) is 2. The van der Waals surface area contributed by atoms with Crippen molar-refractivity contribution in [2.45, 2.75) is 38.3 Å². The van der Waals surface area contributed by atoms with Gasteiger partial charge in [-0.2, -0.15) is 4.98 Å². The molecule has 1 unspecified atom stereocenters. The van der Waals surface area contributed by atoms with Gasteiger partial charge in [0.2, 0.25) is 0 Å². The van der Waals surface area contributed by atoms with Gasteiger partial charge in [-0.05, 0) is 56.3 Å². The largest absolute Gasteiger partial charge is 0.375 e. The van der Waals surface area contributed by atoms with Gasteiger partial charge >= 0.3 is 0 Å². The van der Waals surface area contributed by atoms with Crippen molar-refractivity contribution in [2.24, 2.45) is 5.41 Å². The quantitative estimate of drug-likeness (QED) is 0.807. The molecule has 1 atom stereocenters. The van der Waals surface area contributed by atoms with E-state index >= 15 is 0 Å². The third-order valence-electron chi connectivity index (χ3n) is 6.15. The second-order valence-corrected chi connectivity index (χ2v) is 8.32. The minimum atomic E-state index is 0.378. The molecule has 2 aromatic rings. The number of nitrogens with zero attached hydrogens (tertiary/aromatic N) is 4. The zero-order valence-corrected chi connectivity index (χ0v) is 16.4. The van der Waals surface area contributed by atoms with Gasteiger partial charge in [-0.25, -0.2) is 0 Å². The maximum atomic E-state index is 5.21. The summed E-state index contributed by atoms with van der Waals surface area (Å²) in [4.78, 5) is 9.40. The zero-order chi connectivity index (χ0) is 18.7. The van der Waals surface area contributed by atoms with Crippen LogP contribution < -0.4 is 0 Å². The molecule has 0 radical (unpaired) electrons. The Morgan fingerprint density at radius 2 is 2.00 bits per heavy atom. The number of hydrogen-bond acceptors (Lipinski definition) is 6. The monoisotopic (exact) mass is 370 g/mol. The van der Waals surface area contributed by atoms with Gasteiger partial charge in [0.15, 0.2) is 5.82 Å². The maximum Gasteiger partial charge on any atom is 0.252 e. The van der Waals surface area contributed by atoms with Crippen molar-refractivity contribution in [1.29, 1.82) is 0 Å². The molecule has 0 saturated carbocycles. The van der Waals surface area contributed by atoms with E-state index in [4.69, 9.17) is 9.26 Å². The van der Waals surface area contributed by atoms with E-state index in [1.54, 1.807) is 7.11 Å². The van der Waals surface area contributed by atoms with Crippen molar-refractivity contribution in [3.8, 4) is 0 Å². The molecule has 0 amide bonds. The van der Waals surface area contributed by atoms with Crippen LogP contribution in [0, 0.1) is 5.41 Å². The number of rotatable bonds is 5. The number of piperidine rings is 2. The van der Waals surface area contributed by atoms with E-state index in [2.05, 4.69) is 57.3 Å². The number of ether oxygens (including phenoxy) is 1. The lowest BCUT2D eigenvalue weighted by Crippen LogP contribution is -2.50. The first-order valence-electron chi connectivity index (χ1n) is 9.92. The highest BCUT2D eigenvalue weighted by Crippen LogP contribution is 2.44. The Balaban J connectivity index is 1.36. The van der Waals surface area contributed by atoms with Crippen LogP contribution in [0.1, 0.15) is 42.5 Å². The van der Waals surface area contributed by atoms with Gasteiger partial charge in [-0.1, -0.05) is 35.5 Å². The third-order valence-corrected chi connectivity index (χ3v) is 6.15. The summed E-state index contributed by atoms with van der Waals surface area (Å²) in [7, 11) is 3.91. The molecule has 1 aromatic heterocycles. The lowest BCUT2D eigenvalue weighted by atomic mass is 9.68. The second-order valence-electron chi connectivity index (χ2n) is 8.32. The van der Waals surface area contributed by atoms with Crippen molar-refractivity contribution in [1.82, 2.24) is 19.9 Å². The van der Waals surface area contributed by atoms with Crippen LogP contribution in [-0.2, 0) is 17.9 Å². The maximum absolute atomic E-state index is 5.21. The average Bonchev–Trinajstić information content (AvgIpc) is 3.11. The normalized spacial score (nSPS) is 23.7. The molecule has 0 aliphatic carbocycles. The summed E-state index contributed by atoms with van der Waals surface area (Å²) >= 11 is 0. The molecule has 1 aromatic carbocycles. The average molecular weight is 370 g/mol. The molecule has 6 heteroatoms. The van der Waals surface area contributed by atoms with Crippen molar-refractivity contribution < 1.29 is 9.26 Å². The summed E-state index contributed by atoms with van der Waals surface area (Å²) in [6.07, 6.45) is 3.78. The van der Waals surface area contributed by atoms with E-state index in [0.717, 1.165) is 25.5 Å². The van der Waals surface area contributed by atoms with E-state index in [0.29, 0.717) is 23.8 Å². The first-order valence-corrected chi connectivity index (χ1v) is 9.92. The summed E-state index contributed by atoms with van der Waals surface area (Å²) in [6, 6.07) is 11.0. The molecule has 27 heavy (non-hydrogen) atoms. The van der Waals surface area contributed by atoms with Gasteiger partial charge in [0, 0.05) is 20.2 Å². The first-order chi connectivity index (χ1) is 13.2. The van der Waals surface area contributed by atoms with Crippen LogP contribution in [-0.4, -0.2) is 60.3 Å². The molecular weight excluding hydrogens is 340 g/mol. The first kappa shape index (κ1) is 18.6. The lowest BCUT2D eigenvalue weighted by Gasteiger charge is -2.49. The van der Waals surface area contributed by atoms with Crippen LogP contribution in [0.4, 0.5) is 0 Å². The minimum Gasteiger partial charge on any atom is -0.375 e. The van der Waals surface area contributed by atoms with Crippen LogP contribution in [0.15, 0.2) is 34.9 Å². The topological polar surface area (TPSA) is 54.6 Å². The Bertz CT molecular complexity index is 725. The molecule has 0 N–H and O–H groups in total. The Labute approximate surface area is 161 Å². The minimum absolute atomic E-state index is 0.378. The highest BCUT2D eigenvalue weighted by Gasteiger charge is 2.41. The summed E-state index contributed by atoms with van der Waals surface area (Å²) in [5, 5.41) is 4.08. The van der Waals surface area contributed by atoms with Crippen LogP contribution in [0.25, 0.3) is 0 Å². The van der Waals surface area contributed by atoms with Gasteiger partial charge < -0.3 is 14.2 Å². The van der Waals surface area contributed by atoms with E-state index in [1.807, 2.05) is 0 Å². The Morgan fingerprint density at radius 1 is 1.22 bits per heavy atom. The Morgan fingerprint density at radius 3 is 2.74 bits per heavy atom. The second kappa shape index (κ2) is 8.09. The summed E-state index contributed by atoms with van der Waals surface area (Å²) in [5.41, 5.74) is 1.92. The molecule has 0 bridgehead atoms. The number of aromatic nitrogens is 2. The van der Waals surface area contributed by atoms with Gasteiger partial charge in [0.05, 0.1) is 6.54 Å². The molecule has 1 spiro atoms.